The second-order valence-corrected chi connectivity index (χ2v) is 7.14. The lowest BCUT2D eigenvalue weighted by molar-refractivity contribution is -0.134. The van der Waals surface area contributed by atoms with Crippen molar-refractivity contribution in [1.29, 1.82) is 0 Å². The van der Waals surface area contributed by atoms with Crippen molar-refractivity contribution in [2.45, 2.75) is 38.5 Å². The lowest BCUT2D eigenvalue weighted by atomic mass is 9.85. The van der Waals surface area contributed by atoms with Gasteiger partial charge in [-0.1, -0.05) is 0 Å². The van der Waals surface area contributed by atoms with E-state index in [9.17, 15) is 4.79 Å². The molecule has 3 heterocycles. The van der Waals surface area contributed by atoms with Crippen molar-refractivity contribution in [2.75, 3.05) is 20.2 Å². The normalized spacial score (nSPS) is 22.7. The number of hydrogen-bond acceptors (Lipinski definition) is 4. The maximum absolute atomic E-state index is 13.0. The first-order valence-corrected chi connectivity index (χ1v) is 8.96. The predicted molar refractivity (Wildman–Crippen MR) is 93.6 cm³/mol. The Morgan fingerprint density at radius 2 is 2.24 bits per heavy atom. The minimum Gasteiger partial charge on any atom is -0.495 e. The minimum absolute atomic E-state index is 0.0889. The van der Waals surface area contributed by atoms with E-state index in [1.54, 1.807) is 13.3 Å². The van der Waals surface area contributed by atoms with Crippen LogP contribution in [-0.4, -0.2) is 46.2 Å². The van der Waals surface area contributed by atoms with Crippen LogP contribution in [0.15, 0.2) is 18.5 Å². The molecular weight excluding hydrogens is 316 g/mol. The Kier molecular flexibility index (Phi) is 4.19. The highest BCUT2D eigenvalue weighted by Crippen LogP contribution is 2.32. The molecule has 25 heavy (non-hydrogen) atoms. The van der Waals surface area contributed by atoms with Gasteiger partial charge in [-0.25, -0.2) is 0 Å². The number of likely N-dealkylation sites (tertiary alicyclic amines) is 1. The zero-order valence-electron chi connectivity index (χ0n) is 14.8. The summed E-state index contributed by atoms with van der Waals surface area (Å²) in [5.41, 5.74) is 4.65. The van der Waals surface area contributed by atoms with Gasteiger partial charge in [0.1, 0.15) is 5.75 Å². The molecule has 0 aromatic carbocycles. The molecule has 1 fully saturated rings. The number of amides is 1. The van der Waals surface area contributed by atoms with Crippen LogP contribution >= 0.6 is 0 Å². The van der Waals surface area contributed by atoms with Gasteiger partial charge in [0.25, 0.3) is 0 Å². The van der Waals surface area contributed by atoms with Crippen molar-refractivity contribution in [2.24, 2.45) is 5.92 Å². The van der Waals surface area contributed by atoms with E-state index in [-0.39, 0.29) is 5.92 Å². The van der Waals surface area contributed by atoms with Crippen LogP contribution in [0, 0.1) is 12.8 Å². The number of aromatic amines is 1. The fourth-order valence-electron chi connectivity index (χ4n) is 4.11. The van der Waals surface area contributed by atoms with Crippen molar-refractivity contribution in [3.8, 4) is 5.75 Å². The number of nitrogens with zero attached hydrogens (tertiary/aromatic N) is 3. The van der Waals surface area contributed by atoms with E-state index in [4.69, 9.17) is 4.74 Å². The number of pyridine rings is 1. The quantitative estimate of drug-likeness (QED) is 0.930. The van der Waals surface area contributed by atoms with E-state index in [0.29, 0.717) is 11.8 Å². The number of aryl methyl sites for hydroxylation is 2. The van der Waals surface area contributed by atoms with Crippen LogP contribution in [0.1, 0.15) is 41.3 Å². The summed E-state index contributed by atoms with van der Waals surface area (Å²) in [5, 5.41) is 7.40. The molecule has 2 atom stereocenters. The molecule has 2 aliphatic rings. The van der Waals surface area contributed by atoms with Crippen LogP contribution in [0.4, 0.5) is 0 Å². The molecular formula is C19H24N4O2. The molecule has 4 rings (SSSR count). The Morgan fingerprint density at radius 1 is 1.36 bits per heavy atom. The third-order valence-electron chi connectivity index (χ3n) is 5.63. The van der Waals surface area contributed by atoms with E-state index < -0.39 is 0 Å². The number of hydrogen-bond donors (Lipinski definition) is 1. The van der Waals surface area contributed by atoms with E-state index in [2.05, 4.69) is 15.2 Å². The maximum Gasteiger partial charge on any atom is 0.226 e. The SMILES string of the molecule is COc1cncc(C2CCN(C(=O)C3CCc4n[nH]c(C)c4C3)C2)c1. The van der Waals surface area contributed by atoms with Gasteiger partial charge in [0.15, 0.2) is 0 Å². The van der Waals surface area contributed by atoms with E-state index in [0.717, 1.165) is 61.5 Å². The Morgan fingerprint density at radius 3 is 3.08 bits per heavy atom. The second-order valence-electron chi connectivity index (χ2n) is 7.14. The van der Waals surface area contributed by atoms with Crippen LogP contribution in [0.3, 0.4) is 0 Å². The average Bonchev–Trinajstić information content (AvgIpc) is 3.28. The molecule has 2 unspecified atom stereocenters. The van der Waals surface area contributed by atoms with Crippen LogP contribution in [0.5, 0.6) is 5.75 Å². The molecule has 0 radical (unpaired) electrons. The predicted octanol–water partition coefficient (Wildman–Crippen LogP) is 2.24. The minimum atomic E-state index is 0.0889. The molecule has 6 nitrogen and oxygen atoms in total. The average molecular weight is 340 g/mol. The molecule has 2 aromatic heterocycles. The van der Waals surface area contributed by atoms with Gasteiger partial charge in [-0.05, 0) is 49.8 Å². The summed E-state index contributed by atoms with van der Waals surface area (Å²) < 4.78 is 5.27. The molecule has 132 valence electrons. The van der Waals surface area contributed by atoms with Gasteiger partial charge < -0.3 is 9.64 Å². The first-order chi connectivity index (χ1) is 12.2. The number of rotatable bonds is 3. The van der Waals surface area contributed by atoms with Crippen LogP contribution in [0.25, 0.3) is 0 Å². The summed E-state index contributed by atoms with van der Waals surface area (Å²) in [6.07, 6.45) is 7.21. The van der Waals surface area contributed by atoms with Gasteiger partial charge in [-0.2, -0.15) is 5.10 Å². The smallest absolute Gasteiger partial charge is 0.226 e. The fraction of sp³-hybridized carbons (Fsp3) is 0.526. The molecule has 0 bridgehead atoms. The topological polar surface area (TPSA) is 71.1 Å². The molecule has 1 N–H and O–H groups in total. The summed E-state index contributed by atoms with van der Waals surface area (Å²) in [6.45, 7) is 3.65. The molecule has 1 saturated heterocycles. The van der Waals surface area contributed by atoms with E-state index >= 15 is 0 Å². The van der Waals surface area contributed by atoms with Crippen molar-refractivity contribution in [3.63, 3.8) is 0 Å². The van der Waals surface area contributed by atoms with Crippen molar-refractivity contribution in [1.82, 2.24) is 20.1 Å². The van der Waals surface area contributed by atoms with Gasteiger partial charge in [0.2, 0.25) is 5.91 Å². The van der Waals surface area contributed by atoms with E-state index in [1.165, 1.54) is 5.56 Å². The van der Waals surface area contributed by atoms with Gasteiger partial charge in [0, 0.05) is 36.8 Å². The number of nitrogens with one attached hydrogen (secondary N) is 1. The van der Waals surface area contributed by atoms with Crippen molar-refractivity contribution >= 4 is 5.91 Å². The number of ether oxygens (including phenoxy) is 1. The summed E-state index contributed by atoms with van der Waals surface area (Å²) in [5.74, 6) is 1.51. The largest absolute Gasteiger partial charge is 0.495 e. The van der Waals surface area contributed by atoms with Crippen molar-refractivity contribution in [3.05, 3.63) is 41.0 Å². The first-order valence-electron chi connectivity index (χ1n) is 8.96. The molecule has 0 spiro atoms. The van der Waals surface area contributed by atoms with Crippen LogP contribution < -0.4 is 4.74 Å². The fourth-order valence-corrected chi connectivity index (χ4v) is 4.11. The lowest BCUT2D eigenvalue weighted by Crippen LogP contribution is -2.37. The maximum atomic E-state index is 13.0. The third-order valence-corrected chi connectivity index (χ3v) is 5.63. The molecule has 0 saturated carbocycles. The van der Waals surface area contributed by atoms with Gasteiger partial charge in [-0.3, -0.25) is 14.9 Å². The highest BCUT2D eigenvalue weighted by molar-refractivity contribution is 5.80. The molecule has 1 aliphatic heterocycles. The molecule has 6 heteroatoms. The first kappa shape index (κ1) is 16.1. The molecule has 1 aliphatic carbocycles. The Balaban J connectivity index is 1.43. The zero-order valence-corrected chi connectivity index (χ0v) is 14.8. The summed E-state index contributed by atoms with van der Waals surface area (Å²) in [7, 11) is 1.65. The Bertz CT molecular complexity index is 785. The Hall–Kier alpha value is -2.37. The number of carbonyl (C=O) groups excluding carboxylic acids is 1. The highest BCUT2D eigenvalue weighted by Gasteiger charge is 2.34. The number of fused-ring (bicyclic) bond motifs is 1. The van der Waals surface area contributed by atoms with Crippen LogP contribution in [0.2, 0.25) is 0 Å². The molecule has 2 aromatic rings. The van der Waals surface area contributed by atoms with Crippen molar-refractivity contribution < 1.29 is 9.53 Å². The summed E-state index contributed by atoms with van der Waals surface area (Å²) >= 11 is 0. The highest BCUT2D eigenvalue weighted by atomic mass is 16.5. The van der Waals surface area contributed by atoms with Gasteiger partial charge in [0.05, 0.1) is 19.0 Å². The Labute approximate surface area is 147 Å². The summed E-state index contributed by atoms with van der Waals surface area (Å²) in [4.78, 5) is 19.3. The van der Waals surface area contributed by atoms with E-state index in [1.807, 2.05) is 24.1 Å². The number of H-pyrrole nitrogens is 1. The number of carbonyl (C=O) groups is 1. The summed E-state index contributed by atoms with van der Waals surface area (Å²) in [6, 6.07) is 2.04. The molecule has 1 amide bonds. The standard InChI is InChI=1S/C19H24N4O2/c1-12-17-8-13(3-4-18(17)22-21-12)19(24)23-6-5-14(11-23)15-7-16(25-2)10-20-9-15/h7,9-10,13-14H,3-6,8,11H2,1-2H3,(H,21,22). The monoisotopic (exact) mass is 340 g/mol. The van der Waals surface area contributed by atoms with Gasteiger partial charge in [-0.15, -0.1) is 0 Å². The lowest BCUT2D eigenvalue weighted by Gasteiger charge is -2.26. The number of aromatic nitrogens is 3. The van der Waals surface area contributed by atoms with Crippen LogP contribution in [-0.2, 0) is 17.6 Å². The number of methoxy groups -OCH3 is 1. The van der Waals surface area contributed by atoms with Gasteiger partial charge >= 0.3 is 0 Å². The zero-order chi connectivity index (χ0) is 17.4. The third kappa shape index (κ3) is 3.01. The second kappa shape index (κ2) is 6.50.